The Balaban J connectivity index is 1.49. The van der Waals surface area contributed by atoms with Gasteiger partial charge in [-0.3, -0.25) is 4.79 Å². The van der Waals surface area contributed by atoms with Crippen LogP contribution in [0.25, 0.3) is 0 Å². The normalized spacial score (nSPS) is 14.3. The molecule has 1 fully saturated rings. The van der Waals surface area contributed by atoms with E-state index >= 15 is 0 Å². The van der Waals surface area contributed by atoms with Crippen LogP contribution in [0.2, 0.25) is 5.02 Å². The molecule has 1 amide bonds. The van der Waals surface area contributed by atoms with Gasteiger partial charge in [0.2, 0.25) is 0 Å². The molecule has 3 rings (SSSR count). The molecule has 0 N–H and O–H groups in total. The van der Waals surface area contributed by atoms with E-state index in [1.807, 2.05) is 37.3 Å². The molecule has 0 spiro atoms. The third kappa shape index (κ3) is 4.62. The summed E-state index contributed by atoms with van der Waals surface area (Å²) in [5.41, 5.74) is 2.13. The van der Waals surface area contributed by atoms with E-state index in [-0.39, 0.29) is 12.5 Å². The zero-order valence-corrected chi connectivity index (χ0v) is 17.1. The smallest absolute Gasteiger partial charge is 0.348 e. The molecule has 1 aromatic carbocycles. The molecule has 5 nitrogen and oxygen atoms in total. The van der Waals surface area contributed by atoms with E-state index in [1.165, 1.54) is 11.3 Å². The molecule has 27 heavy (non-hydrogen) atoms. The van der Waals surface area contributed by atoms with Crippen molar-refractivity contribution >= 4 is 40.5 Å². The quantitative estimate of drug-likeness (QED) is 0.709. The lowest BCUT2D eigenvalue weighted by molar-refractivity contribution is -0.134. The molecular formula is C20H23ClN2O3S. The fourth-order valence-electron chi connectivity index (χ4n) is 3.17. The van der Waals surface area contributed by atoms with Gasteiger partial charge in [-0.25, -0.2) is 4.79 Å². The Hall–Kier alpha value is -2.05. The lowest BCUT2D eigenvalue weighted by atomic mass is 10.2. The van der Waals surface area contributed by atoms with Crippen molar-refractivity contribution in [3.8, 4) is 0 Å². The summed E-state index contributed by atoms with van der Waals surface area (Å²) in [5.74, 6) is -0.586. The van der Waals surface area contributed by atoms with Crippen molar-refractivity contribution in [1.82, 2.24) is 4.90 Å². The van der Waals surface area contributed by atoms with Gasteiger partial charge in [-0.15, -0.1) is 11.3 Å². The molecular weight excluding hydrogens is 384 g/mol. The SMILES string of the molecule is CCc1cc(C(=O)OCC(=O)N2CCN(c3ccccc3Cl)CC2)sc1C. The van der Waals surface area contributed by atoms with Gasteiger partial charge < -0.3 is 14.5 Å². The highest BCUT2D eigenvalue weighted by Crippen LogP contribution is 2.26. The van der Waals surface area contributed by atoms with Gasteiger partial charge in [0.25, 0.3) is 5.91 Å². The number of benzene rings is 1. The lowest BCUT2D eigenvalue weighted by Crippen LogP contribution is -2.50. The summed E-state index contributed by atoms with van der Waals surface area (Å²) in [6.07, 6.45) is 0.879. The van der Waals surface area contributed by atoms with Crippen LogP contribution in [0.5, 0.6) is 0 Å². The van der Waals surface area contributed by atoms with Crippen LogP contribution in [0.15, 0.2) is 30.3 Å². The number of anilines is 1. The third-order valence-electron chi connectivity index (χ3n) is 4.75. The molecule has 1 aromatic heterocycles. The van der Waals surface area contributed by atoms with E-state index in [4.69, 9.17) is 16.3 Å². The van der Waals surface area contributed by atoms with Crippen LogP contribution >= 0.6 is 22.9 Å². The minimum Gasteiger partial charge on any atom is -0.451 e. The number of carbonyl (C=O) groups is 2. The number of esters is 1. The van der Waals surface area contributed by atoms with E-state index in [1.54, 1.807) is 4.90 Å². The first kappa shape index (κ1) is 19.7. The van der Waals surface area contributed by atoms with E-state index < -0.39 is 5.97 Å². The number of carbonyl (C=O) groups excluding carboxylic acids is 2. The van der Waals surface area contributed by atoms with Crippen molar-refractivity contribution in [2.75, 3.05) is 37.7 Å². The number of para-hydroxylation sites is 1. The second kappa shape index (κ2) is 8.76. The average Bonchev–Trinajstić information content (AvgIpc) is 3.07. The summed E-state index contributed by atoms with van der Waals surface area (Å²) < 4.78 is 5.23. The van der Waals surface area contributed by atoms with E-state index in [0.29, 0.717) is 36.1 Å². The van der Waals surface area contributed by atoms with Crippen molar-refractivity contribution in [2.24, 2.45) is 0 Å². The highest BCUT2D eigenvalue weighted by molar-refractivity contribution is 7.14. The fourth-order valence-corrected chi connectivity index (χ4v) is 4.43. The van der Waals surface area contributed by atoms with Crippen molar-refractivity contribution in [3.63, 3.8) is 0 Å². The Morgan fingerprint density at radius 3 is 2.52 bits per heavy atom. The molecule has 0 saturated carbocycles. The first-order valence-electron chi connectivity index (χ1n) is 9.03. The number of aryl methyl sites for hydroxylation is 2. The Morgan fingerprint density at radius 1 is 1.19 bits per heavy atom. The highest BCUT2D eigenvalue weighted by atomic mass is 35.5. The number of rotatable bonds is 5. The fraction of sp³-hybridized carbons (Fsp3) is 0.400. The molecule has 1 aliphatic heterocycles. The van der Waals surface area contributed by atoms with Gasteiger partial charge >= 0.3 is 5.97 Å². The topological polar surface area (TPSA) is 49.9 Å². The maximum atomic E-state index is 12.4. The second-order valence-corrected chi connectivity index (χ2v) is 8.10. The monoisotopic (exact) mass is 406 g/mol. The Morgan fingerprint density at radius 2 is 1.89 bits per heavy atom. The predicted molar refractivity (Wildman–Crippen MR) is 109 cm³/mol. The van der Waals surface area contributed by atoms with E-state index in [0.717, 1.165) is 22.5 Å². The van der Waals surface area contributed by atoms with Crippen molar-refractivity contribution in [2.45, 2.75) is 20.3 Å². The van der Waals surface area contributed by atoms with Crippen LogP contribution in [0.1, 0.15) is 27.0 Å². The first-order chi connectivity index (χ1) is 13.0. The maximum absolute atomic E-state index is 12.4. The molecule has 1 saturated heterocycles. The Labute approximate surface area is 168 Å². The number of hydrogen-bond acceptors (Lipinski definition) is 5. The average molecular weight is 407 g/mol. The van der Waals surface area contributed by atoms with Gasteiger partial charge in [-0.05, 0) is 37.1 Å². The maximum Gasteiger partial charge on any atom is 0.348 e. The zero-order valence-electron chi connectivity index (χ0n) is 15.5. The van der Waals surface area contributed by atoms with Gasteiger partial charge in [0, 0.05) is 31.1 Å². The molecule has 0 aliphatic carbocycles. The van der Waals surface area contributed by atoms with Gasteiger partial charge in [0.15, 0.2) is 6.61 Å². The number of thiophene rings is 1. The minimum absolute atomic E-state index is 0.161. The molecule has 0 bridgehead atoms. The molecule has 2 heterocycles. The van der Waals surface area contributed by atoms with Gasteiger partial charge in [0.05, 0.1) is 10.7 Å². The minimum atomic E-state index is -0.425. The van der Waals surface area contributed by atoms with E-state index in [9.17, 15) is 9.59 Å². The van der Waals surface area contributed by atoms with Crippen molar-refractivity contribution < 1.29 is 14.3 Å². The van der Waals surface area contributed by atoms with Gasteiger partial charge in [0.1, 0.15) is 4.88 Å². The van der Waals surface area contributed by atoms with Gasteiger partial charge in [-0.1, -0.05) is 30.7 Å². The standard InChI is InChI=1S/C20H23ClN2O3S/c1-3-15-12-18(27-14(15)2)20(25)26-13-19(24)23-10-8-22(9-11-23)17-7-5-4-6-16(17)21/h4-7,12H,3,8-11,13H2,1-2H3. The van der Waals surface area contributed by atoms with Crippen LogP contribution in [0, 0.1) is 6.92 Å². The number of nitrogens with zero attached hydrogens (tertiary/aromatic N) is 2. The molecule has 144 valence electrons. The summed E-state index contributed by atoms with van der Waals surface area (Å²) in [6, 6.07) is 9.56. The van der Waals surface area contributed by atoms with Crippen molar-refractivity contribution in [1.29, 1.82) is 0 Å². The molecule has 0 atom stereocenters. The van der Waals surface area contributed by atoms with Crippen LogP contribution in [-0.4, -0.2) is 49.6 Å². The van der Waals surface area contributed by atoms with Crippen LogP contribution < -0.4 is 4.90 Å². The number of piperazine rings is 1. The van der Waals surface area contributed by atoms with Crippen LogP contribution in [0.4, 0.5) is 5.69 Å². The lowest BCUT2D eigenvalue weighted by Gasteiger charge is -2.36. The number of hydrogen-bond donors (Lipinski definition) is 0. The molecule has 2 aromatic rings. The van der Waals surface area contributed by atoms with Crippen molar-refractivity contribution in [3.05, 3.63) is 50.7 Å². The number of amides is 1. The Kier molecular flexibility index (Phi) is 6.39. The highest BCUT2D eigenvalue weighted by Gasteiger charge is 2.23. The summed E-state index contributed by atoms with van der Waals surface area (Å²) in [5, 5.41) is 0.712. The largest absolute Gasteiger partial charge is 0.451 e. The Bertz CT molecular complexity index is 828. The van der Waals surface area contributed by atoms with Gasteiger partial charge in [-0.2, -0.15) is 0 Å². The van der Waals surface area contributed by atoms with Crippen LogP contribution in [-0.2, 0) is 16.0 Å². The van der Waals surface area contributed by atoms with E-state index in [2.05, 4.69) is 11.8 Å². The predicted octanol–water partition coefficient (Wildman–Crippen LogP) is 3.78. The molecule has 0 radical (unpaired) electrons. The number of ether oxygens (including phenoxy) is 1. The first-order valence-corrected chi connectivity index (χ1v) is 10.2. The van der Waals surface area contributed by atoms with Crippen LogP contribution in [0.3, 0.4) is 0 Å². The third-order valence-corrected chi connectivity index (χ3v) is 6.15. The summed E-state index contributed by atoms with van der Waals surface area (Å²) in [4.78, 5) is 30.1. The summed E-state index contributed by atoms with van der Waals surface area (Å²) >= 11 is 7.66. The molecule has 7 heteroatoms. The summed E-state index contributed by atoms with van der Waals surface area (Å²) in [7, 11) is 0. The summed E-state index contributed by atoms with van der Waals surface area (Å²) in [6.45, 7) is 6.39. The second-order valence-electron chi connectivity index (χ2n) is 6.44. The molecule has 0 unspecified atom stereocenters. The number of halogens is 1. The molecule has 1 aliphatic rings. The zero-order chi connectivity index (χ0) is 19.4.